The molecule has 0 atom stereocenters. The molecule has 0 aromatic heterocycles. The molecule has 5 heteroatoms. The van der Waals surface area contributed by atoms with Gasteiger partial charge in [0, 0.05) is 11.1 Å². The van der Waals surface area contributed by atoms with Crippen LogP contribution >= 0.6 is 0 Å². The Bertz CT molecular complexity index is 701. The summed E-state index contributed by atoms with van der Waals surface area (Å²) in [6.45, 7) is 0.236. The Balaban J connectivity index is 1.72. The Labute approximate surface area is 153 Å². The molecule has 2 rings (SSSR count). The van der Waals surface area contributed by atoms with Gasteiger partial charge in [-0.1, -0.05) is 48.6 Å². The van der Waals surface area contributed by atoms with Gasteiger partial charge in [0.25, 0.3) is 0 Å². The highest BCUT2D eigenvalue weighted by atomic mass is 16.7. The van der Waals surface area contributed by atoms with Crippen molar-refractivity contribution in [1.82, 2.24) is 0 Å². The molecule has 0 radical (unpaired) electrons. The predicted molar refractivity (Wildman–Crippen MR) is 101 cm³/mol. The summed E-state index contributed by atoms with van der Waals surface area (Å²) in [6, 6.07) is 15.2. The van der Waals surface area contributed by atoms with Gasteiger partial charge in [-0.15, -0.1) is 0 Å². The lowest BCUT2D eigenvalue weighted by Gasteiger charge is -2.04. The maximum absolute atomic E-state index is 11.6. The molecule has 0 saturated heterocycles. The number of ether oxygens (including phenoxy) is 4. The van der Waals surface area contributed by atoms with E-state index < -0.39 is 6.16 Å². The van der Waals surface area contributed by atoms with Crippen molar-refractivity contribution in [2.45, 2.75) is 0 Å². The van der Waals surface area contributed by atoms with Crippen molar-refractivity contribution >= 4 is 18.3 Å². The number of hydrogen-bond donors (Lipinski definition) is 0. The molecule has 136 valence electrons. The van der Waals surface area contributed by atoms with Crippen LogP contribution in [0.15, 0.2) is 60.7 Å². The highest BCUT2D eigenvalue weighted by Gasteiger charge is 2.01. The third-order valence-corrected chi connectivity index (χ3v) is 3.47. The lowest BCUT2D eigenvalue weighted by atomic mass is 10.2. The van der Waals surface area contributed by atoms with Crippen LogP contribution in [0.3, 0.4) is 0 Å². The molecule has 26 heavy (non-hydrogen) atoms. The fourth-order valence-electron chi connectivity index (χ4n) is 2.23. The van der Waals surface area contributed by atoms with Crippen molar-refractivity contribution in [1.29, 1.82) is 0 Å². The summed E-state index contributed by atoms with van der Waals surface area (Å²) < 4.78 is 20.5. The summed E-state index contributed by atoms with van der Waals surface area (Å²) in [5, 5.41) is 0. The molecule has 0 amide bonds. The van der Waals surface area contributed by atoms with Gasteiger partial charge in [0.1, 0.15) is 24.7 Å². The van der Waals surface area contributed by atoms with Crippen LogP contribution < -0.4 is 9.47 Å². The number of benzene rings is 2. The molecule has 0 aliphatic heterocycles. The van der Waals surface area contributed by atoms with E-state index in [1.165, 1.54) is 0 Å². The quantitative estimate of drug-likeness (QED) is 0.649. The average molecular weight is 354 g/mol. The van der Waals surface area contributed by atoms with Crippen LogP contribution in [0.1, 0.15) is 11.1 Å². The summed E-state index contributed by atoms with van der Waals surface area (Å²) in [6.07, 6.45) is 6.38. The zero-order valence-electron chi connectivity index (χ0n) is 14.9. The van der Waals surface area contributed by atoms with E-state index in [1.807, 2.05) is 60.7 Å². The fourth-order valence-corrected chi connectivity index (χ4v) is 2.23. The van der Waals surface area contributed by atoms with Gasteiger partial charge < -0.3 is 18.9 Å². The van der Waals surface area contributed by atoms with Crippen LogP contribution in [0.4, 0.5) is 4.79 Å². The first-order valence-electron chi connectivity index (χ1n) is 8.13. The predicted octanol–water partition coefficient (Wildman–Crippen LogP) is 4.58. The Morgan fingerprint density at radius 1 is 0.769 bits per heavy atom. The molecule has 0 spiro atoms. The second-order valence-electron chi connectivity index (χ2n) is 5.16. The molecular formula is C21H22O5. The van der Waals surface area contributed by atoms with E-state index in [9.17, 15) is 4.79 Å². The van der Waals surface area contributed by atoms with E-state index in [-0.39, 0.29) is 13.2 Å². The lowest BCUT2D eigenvalue weighted by Crippen LogP contribution is -2.07. The van der Waals surface area contributed by atoms with E-state index in [1.54, 1.807) is 26.4 Å². The minimum atomic E-state index is -0.723. The Morgan fingerprint density at radius 3 is 1.62 bits per heavy atom. The van der Waals surface area contributed by atoms with Crippen molar-refractivity contribution in [3.63, 3.8) is 0 Å². The van der Waals surface area contributed by atoms with Gasteiger partial charge in [-0.05, 0) is 24.3 Å². The Hall–Kier alpha value is -3.21. The summed E-state index contributed by atoms with van der Waals surface area (Å²) in [5.74, 6) is 1.51. The summed E-state index contributed by atoms with van der Waals surface area (Å²) >= 11 is 0. The minimum Gasteiger partial charge on any atom is -0.496 e. The van der Waals surface area contributed by atoms with Gasteiger partial charge in [-0.3, -0.25) is 0 Å². The van der Waals surface area contributed by atoms with Crippen LogP contribution in [0, 0.1) is 0 Å². The molecule has 0 aliphatic rings. The molecule has 0 unspecified atom stereocenters. The molecular weight excluding hydrogens is 332 g/mol. The number of para-hydroxylation sites is 2. The number of hydrogen-bond acceptors (Lipinski definition) is 5. The van der Waals surface area contributed by atoms with E-state index >= 15 is 0 Å². The van der Waals surface area contributed by atoms with E-state index in [0.717, 1.165) is 22.6 Å². The Morgan fingerprint density at radius 2 is 1.19 bits per heavy atom. The molecule has 0 fully saturated rings. The van der Waals surface area contributed by atoms with Crippen molar-refractivity contribution in [2.75, 3.05) is 27.4 Å². The topological polar surface area (TPSA) is 54.0 Å². The molecule has 2 aromatic carbocycles. The second-order valence-corrected chi connectivity index (χ2v) is 5.16. The normalized spacial score (nSPS) is 10.8. The largest absolute Gasteiger partial charge is 0.508 e. The fraction of sp³-hybridized carbons (Fsp3) is 0.190. The molecule has 0 saturated carbocycles. The number of carbonyl (C=O) groups is 1. The van der Waals surface area contributed by atoms with Crippen molar-refractivity contribution in [2.24, 2.45) is 0 Å². The standard InChI is InChI=1S/C21H22O5/c1-23-19-13-5-3-9-17(19)11-7-15-25-21(22)26-16-8-12-18-10-4-6-14-20(18)24-2/h3-14H,15-16H2,1-2H3/b11-7+,12-8+. The third kappa shape index (κ3) is 6.02. The number of rotatable bonds is 8. The summed E-state index contributed by atoms with van der Waals surface area (Å²) in [7, 11) is 3.22. The molecule has 5 nitrogen and oxygen atoms in total. The number of methoxy groups -OCH3 is 2. The van der Waals surface area contributed by atoms with Crippen molar-refractivity contribution in [3.05, 3.63) is 71.8 Å². The second kappa shape index (κ2) is 10.6. The minimum absolute atomic E-state index is 0.118. The van der Waals surface area contributed by atoms with Crippen LogP contribution in [0.5, 0.6) is 11.5 Å². The van der Waals surface area contributed by atoms with Crippen LogP contribution in [-0.4, -0.2) is 33.6 Å². The van der Waals surface area contributed by atoms with E-state index in [2.05, 4.69) is 0 Å². The zero-order valence-corrected chi connectivity index (χ0v) is 14.9. The van der Waals surface area contributed by atoms with Crippen LogP contribution in [0.25, 0.3) is 12.2 Å². The van der Waals surface area contributed by atoms with Crippen LogP contribution in [0.2, 0.25) is 0 Å². The van der Waals surface area contributed by atoms with Crippen molar-refractivity contribution in [3.8, 4) is 11.5 Å². The van der Waals surface area contributed by atoms with Gasteiger partial charge in [0.15, 0.2) is 0 Å². The van der Waals surface area contributed by atoms with E-state index in [4.69, 9.17) is 18.9 Å². The molecule has 0 N–H and O–H groups in total. The van der Waals surface area contributed by atoms with Gasteiger partial charge in [0.05, 0.1) is 14.2 Å². The molecule has 0 aliphatic carbocycles. The highest BCUT2D eigenvalue weighted by molar-refractivity contribution is 5.62. The Kier molecular flexibility index (Phi) is 7.80. The molecule has 2 aromatic rings. The van der Waals surface area contributed by atoms with Gasteiger partial charge in [-0.2, -0.15) is 0 Å². The zero-order chi connectivity index (χ0) is 18.6. The monoisotopic (exact) mass is 354 g/mol. The summed E-state index contributed by atoms with van der Waals surface area (Å²) in [5.41, 5.74) is 1.82. The van der Waals surface area contributed by atoms with Crippen molar-refractivity contribution < 1.29 is 23.7 Å². The van der Waals surface area contributed by atoms with Gasteiger partial charge >= 0.3 is 6.16 Å². The van der Waals surface area contributed by atoms with Gasteiger partial charge in [0.2, 0.25) is 0 Å². The summed E-state index contributed by atoms with van der Waals surface area (Å²) in [4.78, 5) is 11.6. The van der Waals surface area contributed by atoms with Crippen LogP contribution in [-0.2, 0) is 9.47 Å². The van der Waals surface area contributed by atoms with E-state index in [0.29, 0.717) is 0 Å². The molecule has 0 bridgehead atoms. The highest BCUT2D eigenvalue weighted by Crippen LogP contribution is 2.19. The SMILES string of the molecule is COc1ccccc1/C=C/COC(=O)OC/C=C/c1ccccc1OC. The first kappa shape index (κ1) is 19.1. The van der Waals surface area contributed by atoms with Gasteiger partial charge in [-0.25, -0.2) is 4.79 Å². The smallest absolute Gasteiger partial charge is 0.496 e. The lowest BCUT2D eigenvalue weighted by molar-refractivity contribution is 0.0720. The maximum Gasteiger partial charge on any atom is 0.508 e. The maximum atomic E-state index is 11.6. The molecule has 0 heterocycles. The first-order valence-corrected chi connectivity index (χ1v) is 8.13. The number of carbonyl (C=O) groups excluding carboxylic acids is 1. The average Bonchev–Trinajstić information content (AvgIpc) is 2.69. The first-order chi connectivity index (χ1) is 12.7. The third-order valence-electron chi connectivity index (χ3n) is 3.47.